The molecule has 1 rings (SSSR count). The Bertz CT molecular complexity index is 212. The Balaban J connectivity index is 2.57. The number of hydrogen-bond acceptors (Lipinski definition) is 1. The molecule has 0 aromatic carbocycles. The van der Waals surface area contributed by atoms with Gasteiger partial charge in [-0.25, -0.2) is 4.79 Å². The lowest BCUT2D eigenvalue weighted by atomic mass is 10.2. The molecule has 1 unspecified atom stereocenters. The van der Waals surface area contributed by atoms with Gasteiger partial charge in [0, 0.05) is 0 Å². The average Bonchev–Trinajstić information content (AvgIpc) is 2.18. The quantitative estimate of drug-likeness (QED) is 0.715. The average molecular weight is 267 g/mol. The van der Waals surface area contributed by atoms with Gasteiger partial charge in [-0.3, -0.25) is 0 Å². The van der Waals surface area contributed by atoms with Crippen molar-refractivity contribution in [2.75, 3.05) is 0 Å². The zero-order valence-corrected chi connectivity index (χ0v) is 8.38. The molecule has 2 N–H and O–H groups in total. The van der Waals surface area contributed by atoms with Crippen molar-refractivity contribution >= 4 is 28.7 Å². The Morgan fingerprint density at radius 3 is 2.82 bits per heavy atom. The summed E-state index contributed by atoms with van der Waals surface area (Å²) in [6.07, 6.45) is 0.994. The van der Waals surface area contributed by atoms with Gasteiger partial charge in [0.1, 0.15) is 0 Å². The number of amides is 1. The largest absolute Gasteiger partial charge is 0.465 e. The number of carbonyl (C=O) groups is 1. The fraction of sp³-hybridized carbons (Fsp3) is 0.571. The van der Waals surface area contributed by atoms with E-state index in [0.717, 1.165) is 12.8 Å². The first kappa shape index (κ1) is 8.83. The van der Waals surface area contributed by atoms with Crippen LogP contribution in [0.3, 0.4) is 0 Å². The molecule has 1 aliphatic rings. The second-order valence-electron chi connectivity index (χ2n) is 2.63. The molecule has 0 saturated carbocycles. The number of halogens is 1. The van der Waals surface area contributed by atoms with E-state index in [9.17, 15) is 4.79 Å². The van der Waals surface area contributed by atoms with Crippen LogP contribution in [0.25, 0.3) is 0 Å². The highest BCUT2D eigenvalue weighted by atomic mass is 127. The zero-order valence-electron chi connectivity index (χ0n) is 6.22. The molecule has 0 bridgehead atoms. The third kappa shape index (κ3) is 2.08. The van der Waals surface area contributed by atoms with Crippen molar-refractivity contribution in [1.29, 1.82) is 0 Å². The molecule has 1 amide bonds. The van der Waals surface area contributed by atoms with Crippen molar-refractivity contribution in [2.24, 2.45) is 0 Å². The van der Waals surface area contributed by atoms with Crippen LogP contribution in [0.4, 0.5) is 4.79 Å². The van der Waals surface area contributed by atoms with Crippen LogP contribution in [0.1, 0.15) is 19.8 Å². The van der Waals surface area contributed by atoms with Crippen LogP contribution in [-0.4, -0.2) is 17.2 Å². The predicted molar refractivity (Wildman–Crippen MR) is 50.9 cm³/mol. The van der Waals surface area contributed by atoms with E-state index >= 15 is 0 Å². The summed E-state index contributed by atoms with van der Waals surface area (Å²) in [5.41, 5.74) is 1.17. The molecule has 0 radical (unpaired) electrons. The van der Waals surface area contributed by atoms with E-state index in [-0.39, 0.29) is 6.04 Å². The smallest absolute Gasteiger partial charge is 0.405 e. The number of nitrogens with one attached hydrogen (secondary N) is 1. The molecular weight excluding hydrogens is 257 g/mol. The summed E-state index contributed by atoms with van der Waals surface area (Å²) in [6.45, 7) is 1.98. The fourth-order valence-corrected chi connectivity index (χ4v) is 1.89. The summed E-state index contributed by atoms with van der Waals surface area (Å²) in [4.78, 5) is 10.3. The lowest BCUT2D eigenvalue weighted by Crippen LogP contribution is -2.32. The summed E-state index contributed by atoms with van der Waals surface area (Å²) >= 11 is 2.27. The van der Waals surface area contributed by atoms with Gasteiger partial charge >= 0.3 is 6.09 Å². The highest BCUT2D eigenvalue weighted by molar-refractivity contribution is 14.1. The van der Waals surface area contributed by atoms with Gasteiger partial charge in [0.2, 0.25) is 0 Å². The summed E-state index contributed by atoms with van der Waals surface area (Å²) < 4.78 is 1.29. The fourth-order valence-electron chi connectivity index (χ4n) is 1.20. The highest BCUT2D eigenvalue weighted by Gasteiger charge is 2.21. The summed E-state index contributed by atoms with van der Waals surface area (Å²) in [5, 5.41) is 10.9. The Morgan fingerprint density at radius 2 is 2.45 bits per heavy atom. The predicted octanol–water partition coefficient (Wildman–Crippen LogP) is 2.13. The van der Waals surface area contributed by atoms with E-state index in [0.29, 0.717) is 0 Å². The van der Waals surface area contributed by atoms with Crippen molar-refractivity contribution in [1.82, 2.24) is 5.32 Å². The standard InChI is InChI=1S/C7H10INO2/c1-4-5(8)2-3-6(4)9-7(10)11/h6,9H,2-3H2,1H3,(H,10,11). The minimum atomic E-state index is -0.930. The third-order valence-corrected chi connectivity index (χ3v) is 3.29. The summed E-state index contributed by atoms with van der Waals surface area (Å²) in [5.74, 6) is 0. The van der Waals surface area contributed by atoms with E-state index in [4.69, 9.17) is 5.11 Å². The molecule has 0 saturated heterocycles. The van der Waals surface area contributed by atoms with Crippen LogP contribution in [0.5, 0.6) is 0 Å². The number of carboxylic acid groups (broad SMARTS) is 1. The van der Waals surface area contributed by atoms with E-state index in [2.05, 4.69) is 27.9 Å². The van der Waals surface area contributed by atoms with Gasteiger partial charge in [-0.2, -0.15) is 0 Å². The summed E-state index contributed by atoms with van der Waals surface area (Å²) in [6, 6.07) is 0.0550. The van der Waals surface area contributed by atoms with Crippen LogP contribution in [0, 0.1) is 0 Å². The molecule has 0 aromatic rings. The number of allylic oxidation sites excluding steroid dienone is 1. The van der Waals surface area contributed by atoms with E-state index < -0.39 is 6.09 Å². The van der Waals surface area contributed by atoms with Crippen LogP contribution in [0.15, 0.2) is 9.15 Å². The van der Waals surface area contributed by atoms with Crippen LogP contribution in [-0.2, 0) is 0 Å². The molecular formula is C7H10INO2. The maximum absolute atomic E-state index is 10.3. The highest BCUT2D eigenvalue weighted by Crippen LogP contribution is 2.30. The topological polar surface area (TPSA) is 49.3 Å². The van der Waals surface area contributed by atoms with Gasteiger partial charge in [0.15, 0.2) is 0 Å². The second kappa shape index (κ2) is 3.42. The molecule has 0 spiro atoms. The van der Waals surface area contributed by atoms with Crippen LogP contribution >= 0.6 is 22.6 Å². The summed E-state index contributed by atoms with van der Waals surface area (Å²) in [7, 11) is 0. The zero-order chi connectivity index (χ0) is 8.43. The van der Waals surface area contributed by atoms with Gasteiger partial charge < -0.3 is 10.4 Å². The van der Waals surface area contributed by atoms with Gasteiger partial charge in [0.05, 0.1) is 6.04 Å². The maximum Gasteiger partial charge on any atom is 0.405 e. The molecule has 0 aromatic heterocycles. The number of rotatable bonds is 1. The van der Waals surface area contributed by atoms with Gasteiger partial charge in [-0.05, 0) is 51.5 Å². The van der Waals surface area contributed by atoms with Gasteiger partial charge in [0.25, 0.3) is 0 Å². The van der Waals surface area contributed by atoms with E-state index in [1.54, 1.807) is 0 Å². The maximum atomic E-state index is 10.3. The Morgan fingerprint density at radius 1 is 1.82 bits per heavy atom. The van der Waals surface area contributed by atoms with Crippen molar-refractivity contribution in [3.8, 4) is 0 Å². The lowest BCUT2D eigenvalue weighted by molar-refractivity contribution is 0.191. The molecule has 1 atom stereocenters. The first-order valence-corrected chi connectivity index (χ1v) is 4.53. The van der Waals surface area contributed by atoms with Crippen molar-refractivity contribution in [3.05, 3.63) is 9.15 Å². The van der Waals surface area contributed by atoms with Gasteiger partial charge in [-0.1, -0.05) is 0 Å². The Kier molecular flexibility index (Phi) is 2.75. The molecule has 0 aliphatic heterocycles. The molecule has 0 fully saturated rings. The first-order chi connectivity index (χ1) is 5.11. The minimum Gasteiger partial charge on any atom is -0.465 e. The first-order valence-electron chi connectivity index (χ1n) is 3.46. The molecule has 1 aliphatic carbocycles. The van der Waals surface area contributed by atoms with Crippen molar-refractivity contribution < 1.29 is 9.90 Å². The third-order valence-electron chi connectivity index (χ3n) is 1.90. The number of hydrogen-bond donors (Lipinski definition) is 2. The molecule has 4 heteroatoms. The van der Waals surface area contributed by atoms with E-state index in [1.807, 2.05) is 6.92 Å². The van der Waals surface area contributed by atoms with Gasteiger partial charge in [-0.15, -0.1) is 0 Å². The molecule has 62 valence electrons. The SMILES string of the molecule is CC1=C(I)CCC1NC(=O)O. The van der Waals surface area contributed by atoms with Crippen molar-refractivity contribution in [2.45, 2.75) is 25.8 Å². The van der Waals surface area contributed by atoms with Crippen LogP contribution < -0.4 is 5.32 Å². The Labute approximate surface area is 79.0 Å². The lowest BCUT2D eigenvalue weighted by Gasteiger charge is -2.10. The van der Waals surface area contributed by atoms with Crippen LogP contribution in [0.2, 0.25) is 0 Å². The van der Waals surface area contributed by atoms with Crippen molar-refractivity contribution in [3.63, 3.8) is 0 Å². The molecule has 3 nitrogen and oxygen atoms in total. The molecule has 0 heterocycles. The minimum absolute atomic E-state index is 0.0550. The van der Waals surface area contributed by atoms with E-state index in [1.165, 1.54) is 9.15 Å². The normalized spacial score (nSPS) is 24.0. The molecule has 11 heavy (non-hydrogen) atoms. The monoisotopic (exact) mass is 267 g/mol. The Hall–Kier alpha value is -0.260. The second-order valence-corrected chi connectivity index (χ2v) is 3.93.